The van der Waals surface area contributed by atoms with Crippen molar-refractivity contribution in [1.82, 2.24) is 30.3 Å². The molecule has 1 atom stereocenters. The van der Waals surface area contributed by atoms with Crippen LogP contribution in [0.15, 0.2) is 35.3 Å². The van der Waals surface area contributed by atoms with Crippen LogP contribution < -0.4 is 10.6 Å². The maximum Gasteiger partial charge on any atom is 0.191 e. The number of likely N-dealkylation sites (tertiary alicyclic amines) is 1. The summed E-state index contributed by atoms with van der Waals surface area (Å²) in [6.45, 7) is 11.3. The quantitative estimate of drug-likeness (QED) is 0.198. The second-order valence-electron chi connectivity index (χ2n) is 8.41. The lowest BCUT2D eigenvalue weighted by atomic mass is 10.0. The number of rotatable bonds is 10. The van der Waals surface area contributed by atoms with E-state index in [1.807, 2.05) is 25.5 Å². The van der Waals surface area contributed by atoms with Crippen LogP contribution in [-0.4, -0.2) is 64.5 Å². The number of aryl methyl sites for hydroxylation is 1. The van der Waals surface area contributed by atoms with E-state index in [2.05, 4.69) is 63.0 Å². The van der Waals surface area contributed by atoms with Crippen molar-refractivity contribution in [3.63, 3.8) is 0 Å². The zero-order valence-electron chi connectivity index (χ0n) is 20.5. The summed E-state index contributed by atoms with van der Waals surface area (Å²) in [5.74, 6) is 2.61. The van der Waals surface area contributed by atoms with E-state index in [1.165, 1.54) is 5.56 Å². The molecule has 184 valence electrons. The molecule has 2 heterocycles. The molecule has 0 spiro atoms. The topological polar surface area (TPSA) is 79.6 Å². The van der Waals surface area contributed by atoms with Gasteiger partial charge in [-0.25, -0.2) is 4.99 Å². The third kappa shape index (κ3) is 8.53. The highest BCUT2D eigenvalue weighted by Crippen LogP contribution is 2.24. The Labute approximate surface area is 215 Å². The fourth-order valence-electron chi connectivity index (χ4n) is 3.98. The normalized spacial score (nSPS) is 16.3. The van der Waals surface area contributed by atoms with Crippen molar-refractivity contribution in [3.8, 4) is 0 Å². The minimum atomic E-state index is 0. The van der Waals surface area contributed by atoms with Gasteiger partial charge in [0.25, 0.3) is 0 Å². The Balaban J connectivity index is 0.00000385. The molecule has 0 radical (unpaired) electrons. The van der Waals surface area contributed by atoms with Crippen molar-refractivity contribution in [1.29, 1.82) is 0 Å². The fourth-order valence-corrected chi connectivity index (χ4v) is 3.98. The second-order valence-corrected chi connectivity index (χ2v) is 8.41. The van der Waals surface area contributed by atoms with Crippen LogP contribution >= 0.6 is 24.0 Å². The molecule has 1 aromatic heterocycles. The van der Waals surface area contributed by atoms with E-state index in [-0.39, 0.29) is 24.0 Å². The van der Waals surface area contributed by atoms with Crippen LogP contribution in [0, 0.1) is 6.92 Å². The van der Waals surface area contributed by atoms with E-state index >= 15 is 0 Å². The summed E-state index contributed by atoms with van der Waals surface area (Å²) >= 11 is 0. The maximum atomic E-state index is 5.46. The van der Waals surface area contributed by atoms with E-state index in [9.17, 15) is 0 Å². The summed E-state index contributed by atoms with van der Waals surface area (Å²) in [6.07, 6.45) is 3.14. The number of hydrogen-bond donors (Lipinski definition) is 2. The molecule has 9 heteroatoms. The molecule has 1 saturated heterocycles. The summed E-state index contributed by atoms with van der Waals surface area (Å²) < 4.78 is 7.44. The fraction of sp³-hybridized carbons (Fsp3) is 0.625. The highest BCUT2D eigenvalue weighted by molar-refractivity contribution is 14.0. The molecule has 3 rings (SSSR count). The standard InChI is InChI=1S/C24H39N7O.HI/c1-5-32-17-9-14-25-24(26-18-23-29-28-20(3)30(23)4)27-22-12-15-31(16-13-22)19(2)21-10-7-6-8-11-21;/h6-8,10-11,19,22H,5,9,12-18H2,1-4H3,(H2,25,26,27);1H. The first-order chi connectivity index (χ1) is 15.6. The molecule has 0 amide bonds. The van der Waals surface area contributed by atoms with Crippen molar-refractivity contribution in [2.24, 2.45) is 12.0 Å². The van der Waals surface area contributed by atoms with Crippen LogP contribution in [0.5, 0.6) is 0 Å². The molecule has 8 nitrogen and oxygen atoms in total. The highest BCUT2D eigenvalue weighted by atomic mass is 127. The molecule has 1 fully saturated rings. The Morgan fingerprint density at radius 3 is 2.58 bits per heavy atom. The molecular formula is C24H40IN7O. The minimum absolute atomic E-state index is 0. The molecule has 33 heavy (non-hydrogen) atoms. The van der Waals surface area contributed by atoms with Crippen LogP contribution in [0.1, 0.15) is 56.4 Å². The smallest absolute Gasteiger partial charge is 0.191 e. The largest absolute Gasteiger partial charge is 0.382 e. The van der Waals surface area contributed by atoms with Gasteiger partial charge in [0.05, 0.1) is 0 Å². The number of benzene rings is 1. The Kier molecular flexibility index (Phi) is 12.1. The predicted octanol–water partition coefficient (Wildman–Crippen LogP) is 3.43. The number of guanidine groups is 1. The van der Waals surface area contributed by atoms with Gasteiger partial charge < -0.3 is 19.9 Å². The molecule has 0 bridgehead atoms. The molecule has 1 unspecified atom stereocenters. The average Bonchev–Trinajstić information content (AvgIpc) is 3.15. The van der Waals surface area contributed by atoms with Crippen molar-refractivity contribution in [2.45, 2.75) is 58.7 Å². The van der Waals surface area contributed by atoms with Crippen LogP contribution in [0.25, 0.3) is 0 Å². The number of halogens is 1. The number of nitrogens with zero attached hydrogens (tertiary/aromatic N) is 5. The lowest BCUT2D eigenvalue weighted by molar-refractivity contribution is 0.145. The van der Waals surface area contributed by atoms with Crippen LogP contribution in [-0.2, 0) is 18.3 Å². The first-order valence-electron chi connectivity index (χ1n) is 11.8. The summed E-state index contributed by atoms with van der Waals surface area (Å²) in [5.41, 5.74) is 1.39. The van der Waals surface area contributed by atoms with Gasteiger partial charge in [0, 0.05) is 52.0 Å². The molecular weight excluding hydrogens is 529 g/mol. The van der Waals surface area contributed by atoms with E-state index in [1.54, 1.807) is 0 Å². The first kappa shape index (κ1) is 27.5. The molecule has 2 aromatic rings. The predicted molar refractivity (Wildman–Crippen MR) is 144 cm³/mol. The summed E-state index contributed by atoms with van der Waals surface area (Å²) in [6, 6.07) is 11.6. The van der Waals surface area contributed by atoms with Gasteiger partial charge in [0.2, 0.25) is 0 Å². The number of aliphatic imine (C=N–C) groups is 1. The van der Waals surface area contributed by atoms with E-state index in [4.69, 9.17) is 9.73 Å². The van der Waals surface area contributed by atoms with Crippen LogP contribution in [0.3, 0.4) is 0 Å². The van der Waals surface area contributed by atoms with Gasteiger partial charge in [0.15, 0.2) is 11.8 Å². The van der Waals surface area contributed by atoms with Gasteiger partial charge in [-0.3, -0.25) is 4.90 Å². The third-order valence-electron chi connectivity index (χ3n) is 6.22. The highest BCUT2D eigenvalue weighted by Gasteiger charge is 2.24. The number of piperidine rings is 1. The number of ether oxygens (including phenoxy) is 1. The van der Waals surface area contributed by atoms with Gasteiger partial charge in [-0.15, -0.1) is 34.2 Å². The van der Waals surface area contributed by atoms with Crippen LogP contribution in [0.2, 0.25) is 0 Å². The van der Waals surface area contributed by atoms with E-state index in [0.717, 1.165) is 69.7 Å². The number of nitrogens with one attached hydrogen (secondary N) is 2. The molecule has 1 aliphatic heterocycles. The summed E-state index contributed by atoms with van der Waals surface area (Å²) in [5, 5.41) is 15.5. The van der Waals surface area contributed by atoms with E-state index in [0.29, 0.717) is 18.6 Å². The van der Waals surface area contributed by atoms with Gasteiger partial charge in [-0.2, -0.15) is 0 Å². The molecule has 2 N–H and O–H groups in total. The Hall–Kier alpha value is -1.72. The average molecular weight is 570 g/mol. The Morgan fingerprint density at radius 1 is 1.21 bits per heavy atom. The zero-order valence-corrected chi connectivity index (χ0v) is 22.8. The minimum Gasteiger partial charge on any atom is -0.382 e. The van der Waals surface area contributed by atoms with Crippen molar-refractivity contribution in [2.75, 3.05) is 32.8 Å². The zero-order chi connectivity index (χ0) is 22.8. The molecule has 0 aliphatic carbocycles. The SMILES string of the molecule is CCOCCCNC(=NCc1nnc(C)n1C)NC1CCN(C(C)c2ccccc2)CC1.I. The first-order valence-corrected chi connectivity index (χ1v) is 11.8. The van der Waals surface area contributed by atoms with Crippen molar-refractivity contribution < 1.29 is 4.74 Å². The molecule has 1 aliphatic rings. The lowest BCUT2D eigenvalue weighted by Gasteiger charge is -2.37. The molecule has 1 aromatic carbocycles. The number of aromatic nitrogens is 3. The second kappa shape index (κ2) is 14.5. The van der Waals surface area contributed by atoms with Crippen molar-refractivity contribution in [3.05, 3.63) is 47.5 Å². The Bertz CT molecular complexity index is 835. The van der Waals surface area contributed by atoms with Gasteiger partial charge in [-0.05, 0) is 45.6 Å². The summed E-state index contributed by atoms with van der Waals surface area (Å²) in [4.78, 5) is 7.37. The van der Waals surface area contributed by atoms with Crippen molar-refractivity contribution >= 4 is 29.9 Å². The summed E-state index contributed by atoms with van der Waals surface area (Å²) in [7, 11) is 1.98. The van der Waals surface area contributed by atoms with Gasteiger partial charge in [-0.1, -0.05) is 30.3 Å². The Morgan fingerprint density at radius 2 is 1.94 bits per heavy atom. The van der Waals surface area contributed by atoms with Gasteiger partial charge in [0.1, 0.15) is 12.4 Å². The third-order valence-corrected chi connectivity index (χ3v) is 6.22. The lowest BCUT2D eigenvalue weighted by Crippen LogP contribution is -2.49. The molecule has 0 saturated carbocycles. The van der Waals surface area contributed by atoms with Gasteiger partial charge >= 0.3 is 0 Å². The van der Waals surface area contributed by atoms with Crippen LogP contribution in [0.4, 0.5) is 0 Å². The maximum absolute atomic E-state index is 5.46. The van der Waals surface area contributed by atoms with E-state index < -0.39 is 0 Å². The monoisotopic (exact) mass is 569 g/mol. The number of hydrogen-bond acceptors (Lipinski definition) is 5.